The monoisotopic (exact) mass is 169 g/mol. The molecule has 3 heteroatoms. The number of guanidine groups is 1. The van der Waals surface area contributed by atoms with E-state index in [-0.39, 0.29) is 0 Å². The second-order valence-corrected chi connectivity index (χ2v) is 2.92. The molecule has 0 atom stereocenters. The molecule has 0 amide bonds. The van der Waals surface area contributed by atoms with E-state index in [1.165, 1.54) is 0 Å². The van der Waals surface area contributed by atoms with Crippen molar-refractivity contribution in [2.75, 3.05) is 6.54 Å². The van der Waals surface area contributed by atoms with E-state index in [1.807, 2.05) is 26.8 Å². The number of rotatable bonds is 4. The number of hydrogen-bond donors (Lipinski definition) is 2. The second kappa shape index (κ2) is 6.70. The van der Waals surface area contributed by atoms with Gasteiger partial charge in [0.2, 0.25) is 0 Å². The van der Waals surface area contributed by atoms with Crippen molar-refractivity contribution in [1.29, 1.82) is 0 Å². The third-order valence-corrected chi connectivity index (χ3v) is 1.25. The Balaban J connectivity index is 3.54. The lowest BCUT2D eigenvalue weighted by Crippen LogP contribution is -2.36. The summed E-state index contributed by atoms with van der Waals surface area (Å²) in [6.45, 7) is 6.83. The molecular formula is C9H19N3. The van der Waals surface area contributed by atoms with Gasteiger partial charge in [-0.25, -0.2) is 0 Å². The highest BCUT2D eigenvalue weighted by atomic mass is 15.1. The van der Waals surface area contributed by atoms with Gasteiger partial charge in [-0.1, -0.05) is 12.2 Å². The van der Waals surface area contributed by atoms with Crippen LogP contribution in [-0.2, 0) is 0 Å². The van der Waals surface area contributed by atoms with Crippen LogP contribution in [0.5, 0.6) is 0 Å². The van der Waals surface area contributed by atoms with Gasteiger partial charge in [0.25, 0.3) is 0 Å². The topological polar surface area (TPSA) is 50.4 Å². The molecule has 0 heterocycles. The molecule has 0 radical (unpaired) electrons. The Kier molecular flexibility index (Phi) is 6.15. The molecule has 0 aromatic carbocycles. The molecule has 0 unspecified atom stereocenters. The van der Waals surface area contributed by atoms with Gasteiger partial charge < -0.3 is 11.1 Å². The molecule has 0 rings (SSSR count). The number of nitrogens with one attached hydrogen (secondary N) is 1. The van der Waals surface area contributed by atoms with Crippen LogP contribution in [0.3, 0.4) is 0 Å². The predicted octanol–water partition coefficient (Wildman–Crippen LogP) is 1.27. The van der Waals surface area contributed by atoms with Gasteiger partial charge in [-0.05, 0) is 27.2 Å². The average Bonchev–Trinajstić information content (AvgIpc) is 1.97. The molecular weight excluding hydrogens is 150 g/mol. The highest BCUT2D eigenvalue weighted by Gasteiger charge is 1.92. The highest BCUT2D eigenvalue weighted by Crippen LogP contribution is 1.84. The van der Waals surface area contributed by atoms with Crippen LogP contribution >= 0.6 is 0 Å². The highest BCUT2D eigenvalue weighted by molar-refractivity contribution is 5.78. The van der Waals surface area contributed by atoms with Crippen LogP contribution < -0.4 is 11.1 Å². The molecule has 0 aliphatic rings. The van der Waals surface area contributed by atoms with E-state index in [1.54, 1.807) is 0 Å². The lowest BCUT2D eigenvalue weighted by molar-refractivity contribution is 0.723. The summed E-state index contributed by atoms with van der Waals surface area (Å²) in [5.74, 6) is 0.537. The van der Waals surface area contributed by atoms with Crippen LogP contribution in [0.1, 0.15) is 27.2 Å². The summed E-state index contributed by atoms with van der Waals surface area (Å²) in [4.78, 5) is 4.13. The Hall–Kier alpha value is -0.990. The van der Waals surface area contributed by atoms with E-state index in [2.05, 4.69) is 16.4 Å². The Morgan fingerprint density at radius 2 is 2.25 bits per heavy atom. The number of hydrogen-bond acceptors (Lipinski definition) is 1. The first-order valence-electron chi connectivity index (χ1n) is 4.34. The van der Waals surface area contributed by atoms with Crippen LogP contribution in [0.25, 0.3) is 0 Å². The molecule has 70 valence electrons. The molecule has 0 aromatic rings. The molecule has 0 saturated heterocycles. The van der Waals surface area contributed by atoms with Crippen LogP contribution in [0.4, 0.5) is 0 Å². The maximum Gasteiger partial charge on any atom is 0.188 e. The number of allylic oxidation sites excluding steroid dienone is 1. The fraction of sp³-hybridized carbons (Fsp3) is 0.667. The summed E-state index contributed by atoms with van der Waals surface area (Å²) in [7, 11) is 0. The van der Waals surface area contributed by atoms with Crippen molar-refractivity contribution >= 4 is 5.96 Å². The number of nitrogens with zero attached hydrogens (tertiary/aromatic N) is 1. The lowest BCUT2D eigenvalue weighted by atomic mass is 10.4. The zero-order valence-corrected chi connectivity index (χ0v) is 8.17. The first-order valence-corrected chi connectivity index (χ1v) is 4.34. The average molecular weight is 169 g/mol. The van der Waals surface area contributed by atoms with Gasteiger partial charge in [0, 0.05) is 12.6 Å². The molecule has 3 nitrogen and oxygen atoms in total. The molecule has 0 bridgehead atoms. The third kappa shape index (κ3) is 7.12. The SMILES string of the molecule is C/C=C/CCN=C(N)NC(C)C. The Labute approximate surface area is 74.8 Å². The summed E-state index contributed by atoms with van der Waals surface area (Å²) >= 11 is 0. The summed E-state index contributed by atoms with van der Waals surface area (Å²) in [6.07, 6.45) is 5.05. The summed E-state index contributed by atoms with van der Waals surface area (Å²) in [5.41, 5.74) is 5.57. The van der Waals surface area contributed by atoms with E-state index in [0.717, 1.165) is 13.0 Å². The van der Waals surface area contributed by atoms with Crippen LogP contribution in [0, 0.1) is 0 Å². The molecule has 0 fully saturated rings. The van der Waals surface area contributed by atoms with Crippen molar-refractivity contribution in [3.63, 3.8) is 0 Å². The zero-order chi connectivity index (χ0) is 9.40. The van der Waals surface area contributed by atoms with Gasteiger partial charge in [-0.3, -0.25) is 4.99 Å². The molecule has 0 spiro atoms. The van der Waals surface area contributed by atoms with E-state index in [0.29, 0.717) is 12.0 Å². The van der Waals surface area contributed by atoms with Gasteiger partial charge in [0.15, 0.2) is 5.96 Å². The van der Waals surface area contributed by atoms with Crippen molar-refractivity contribution in [2.24, 2.45) is 10.7 Å². The zero-order valence-electron chi connectivity index (χ0n) is 8.17. The van der Waals surface area contributed by atoms with Crippen molar-refractivity contribution in [3.05, 3.63) is 12.2 Å². The quantitative estimate of drug-likeness (QED) is 0.288. The van der Waals surface area contributed by atoms with Crippen LogP contribution in [0.15, 0.2) is 17.1 Å². The van der Waals surface area contributed by atoms with Gasteiger partial charge in [-0.2, -0.15) is 0 Å². The number of nitrogens with two attached hydrogens (primary N) is 1. The predicted molar refractivity (Wildman–Crippen MR) is 54.2 cm³/mol. The van der Waals surface area contributed by atoms with E-state index in [9.17, 15) is 0 Å². The van der Waals surface area contributed by atoms with Gasteiger partial charge in [0.05, 0.1) is 0 Å². The van der Waals surface area contributed by atoms with Crippen molar-refractivity contribution in [1.82, 2.24) is 5.32 Å². The van der Waals surface area contributed by atoms with Gasteiger partial charge in [-0.15, -0.1) is 0 Å². The molecule has 0 aromatic heterocycles. The minimum absolute atomic E-state index is 0.357. The normalized spacial score (nSPS) is 12.8. The third-order valence-electron chi connectivity index (χ3n) is 1.25. The molecule has 0 aliphatic heterocycles. The standard InChI is InChI=1S/C9H19N3/c1-4-5-6-7-11-9(10)12-8(2)3/h4-5,8H,6-7H2,1-3H3,(H3,10,11,12)/b5-4+. The van der Waals surface area contributed by atoms with E-state index in [4.69, 9.17) is 5.73 Å². The second-order valence-electron chi connectivity index (χ2n) is 2.92. The summed E-state index contributed by atoms with van der Waals surface area (Å²) in [6, 6.07) is 0.357. The lowest BCUT2D eigenvalue weighted by Gasteiger charge is -2.07. The van der Waals surface area contributed by atoms with Gasteiger partial charge >= 0.3 is 0 Å². The van der Waals surface area contributed by atoms with Crippen molar-refractivity contribution in [3.8, 4) is 0 Å². The largest absolute Gasteiger partial charge is 0.370 e. The van der Waals surface area contributed by atoms with E-state index < -0.39 is 0 Å². The molecule has 0 saturated carbocycles. The maximum atomic E-state index is 5.57. The van der Waals surface area contributed by atoms with Crippen LogP contribution in [0.2, 0.25) is 0 Å². The fourth-order valence-electron chi connectivity index (χ4n) is 0.768. The first-order chi connectivity index (χ1) is 5.66. The molecule has 3 N–H and O–H groups in total. The van der Waals surface area contributed by atoms with Crippen molar-refractivity contribution in [2.45, 2.75) is 33.2 Å². The Morgan fingerprint density at radius 3 is 2.75 bits per heavy atom. The maximum absolute atomic E-state index is 5.57. The Bertz CT molecular complexity index is 159. The minimum atomic E-state index is 0.357. The molecule has 12 heavy (non-hydrogen) atoms. The number of aliphatic imine (C=N–C) groups is 1. The summed E-state index contributed by atoms with van der Waals surface area (Å²) < 4.78 is 0. The van der Waals surface area contributed by atoms with Gasteiger partial charge in [0.1, 0.15) is 0 Å². The fourth-order valence-corrected chi connectivity index (χ4v) is 0.768. The Morgan fingerprint density at radius 1 is 1.58 bits per heavy atom. The van der Waals surface area contributed by atoms with Crippen LogP contribution in [-0.4, -0.2) is 18.5 Å². The smallest absolute Gasteiger partial charge is 0.188 e. The van der Waals surface area contributed by atoms with Crippen molar-refractivity contribution < 1.29 is 0 Å². The minimum Gasteiger partial charge on any atom is -0.370 e. The summed E-state index contributed by atoms with van der Waals surface area (Å²) in [5, 5.41) is 3.02. The first kappa shape index (κ1) is 11.0. The molecule has 0 aliphatic carbocycles. The van der Waals surface area contributed by atoms with E-state index >= 15 is 0 Å².